The molecular weight excluding hydrogens is 272 g/mol. The van der Waals surface area contributed by atoms with E-state index in [2.05, 4.69) is 18.2 Å². The standard InChI is InChI=1S/C20H22O2/c1-22-20(21)19(16-18-13-6-3-7-14-18)15-9-8-12-17-10-4-2-5-11-17/h2-7,9-11,13-15,19H,8,12,16H2,1H3/b15-9+/t19-/m1/s1. The van der Waals surface area contributed by atoms with E-state index in [9.17, 15) is 4.79 Å². The lowest BCUT2D eigenvalue weighted by molar-refractivity contribution is -0.143. The summed E-state index contributed by atoms with van der Waals surface area (Å²) in [7, 11) is 1.44. The largest absolute Gasteiger partial charge is 0.469 e. The molecule has 2 rings (SSSR count). The minimum atomic E-state index is -0.219. The summed E-state index contributed by atoms with van der Waals surface area (Å²) in [6, 6.07) is 20.4. The van der Waals surface area contributed by atoms with Crippen molar-refractivity contribution in [3.63, 3.8) is 0 Å². The summed E-state index contributed by atoms with van der Waals surface area (Å²) in [4.78, 5) is 11.9. The van der Waals surface area contributed by atoms with Crippen LogP contribution in [0.1, 0.15) is 17.5 Å². The van der Waals surface area contributed by atoms with Crippen LogP contribution in [0, 0.1) is 5.92 Å². The van der Waals surface area contributed by atoms with Gasteiger partial charge in [0.15, 0.2) is 0 Å². The third kappa shape index (κ3) is 5.21. The number of rotatable bonds is 7. The van der Waals surface area contributed by atoms with E-state index in [1.165, 1.54) is 12.7 Å². The van der Waals surface area contributed by atoms with Crippen molar-refractivity contribution in [3.05, 3.63) is 83.9 Å². The van der Waals surface area contributed by atoms with E-state index in [1.807, 2.05) is 54.6 Å². The first-order chi connectivity index (χ1) is 10.8. The molecule has 0 heterocycles. The Labute approximate surface area is 132 Å². The minimum Gasteiger partial charge on any atom is -0.469 e. The monoisotopic (exact) mass is 294 g/mol. The van der Waals surface area contributed by atoms with E-state index < -0.39 is 0 Å². The molecule has 0 unspecified atom stereocenters. The number of methoxy groups -OCH3 is 1. The average Bonchev–Trinajstić information content (AvgIpc) is 2.58. The van der Waals surface area contributed by atoms with Crippen LogP contribution in [0.2, 0.25) is 0 Å². The van der Waals surface area contributed by atoms with Crippen LogP contribution in [0.25, 0.3) is 0 Å². The summed E-state index contributed by atoms with van der Waals surface area (Å²) < 4.78 is 4.91. The number of carbonyl (C=O) groups is 1. The Balaban J connectivity index is 1.92. The summed E-state index contributed by atoms with van der Waals surface area (Å²) >= 11 is 0. The van der Waals surface area contributed by atoms with E-state index in [-0.39, 0.29) is 11.9 Å². The van der Waals surface area contributed by atoms with E-state index >= 15 is 0 Å². The topological polar surface area (TPSA) is 26.3 Å². The zero-order valence-electron chi connectivity index (χ0n) is 12.9. The normalized spacial score (nSPS) is 12.2. The second-order valence-corrected chi connectivity index (χ2v) is 5.27. The number of hydrogen-bond donors (Lipinski definition) is 0. The molecule has 2 heteroatoms. The summed E-state index contributed by atoms with van der Waals surface area (Å²) in [5.74, 6) is -0.400. The third-order valence-electron chi connectivity index (χ3n) is 3.61. The zero-order chi connectivity index (χ0) is 15.6. The fraction of sp³-hybridized carbons (Fsp3) is 0.250. The van der Waals surface area contributed by atoms with Crippen LogP contribution < -0.4 is 0 Å². The Bertz CT molecular complexity index is 588. The van der Waals surface area contributed by atoms with Crippen LogP contribution >= 0.6 is 0 Å². The van der Waals surface area contributed by atoms with Crippen LogP contribution in [0.5, 0.6) is 0 Å². The molecule has 0 saturated heterocycles. The van der Waals surface area contributed by atoms with Crippen molar-refractivity contribution in [1.82, 2.24) is 0 Å². The molecule has 0 fully saturated rings. The lowest BCUT2D eigenvalue weighted by Crippen LogP contribution is -2.16. The van der Waals surface area contributed by atoms with Crippen LogP contribution in [-0.4, -0.2) is 13.1 Å². The lowest BCUT2D eigenvalue weighted by Gasteiger charge is -2.10. The number of esters is 1. The first-order valence-corrected chi connectivity index (χ1v) is 7.62. The summed E-state index contributed by atoms with van der Waals surface area (Å²) in [6.45, 7) is 0. The fourth-order valence-electron chi connectivity index (χ4n) is 2.40. The summed E-state index contributed by atoms with van der Waals surface area (Å²) in [6.07, 6.45) is 6.64. The molecule has 0 amide bonds. The van der Waals surface area contributed by atoms with Crippen LogP contribution in [0.3, 0.4) is 0 Å². The molecular formula is C20H22O2. The molecule has 0 bridgehead atoms. The molecule has 2 aromatic rings. The van der Waals surface area contributed by atoms with Gasteiger partial charge in [0, 0.05) is 0 Å². The SMILES string of the molecule is COC(=O)[C@H](/C=C/CCc1ccccc1)Cc1ccccc1. The van der Waals surface area contributed by atoms with Crippen molar-refractivity contribution in [2.75, 3.05) is 7.11 Å². The van der Waals surface area contributed by atoms with Gasteiger partial charge in [0.1, 0.15) is 0 Å². The molecule has 0 aliphatic heterocycles. The number of allylic oxidation sites excluding steroid dienone is 1. The quantitative estimate of drug-likeness (QED) is 0.565. The maximum Gasteiger partial charge on any atom is 0.312 e. The number of aryl methyl sites for hydroxylation is 1. The second kappa shape index (κ2) is 8.83. The number of hydrogen-bond acceptors (Lipinski definition) is 2. The van der Waals surface area contributed by atoms with Gasteiger partial charge < -0.3 is 4.74 Å². The Morgan fingerprint density at radius 2 is 1.59 bits per heavy atom. The highest BCUT2D eigenvalue weighted by Crippen LogP contribution is 2.13. The molecule has 0 aromatic heterocycles. The highest BCUT2D eigenvalue weighted by Gasteiger charge is 2.16. The number of carbonyl (C=O) groups excluding carboxylic acids is 1. The van der Waals surface area contributed by atoms with Gasteiger partial charge in [-0.05, 0) is 30.4 Å². The molecule has 2 aromatic carbocycles. The molecule has 0 saturated carbocycles. The first-order valence-electron chi connectivity index (χ1n) is 7.62. The Morgan fingerprint density at radius 3 is 2.18 bits per heavy atom. The first kappa shape index (κ1) is 16.0. The molecule has 1 atom stereocenters. The van der Waals surface area contributed by atoms with Crippen molar-refractivity contribution >= 4 is 5.97 Å². The van der Waals surface area contributed by atoms with Crippen molar-refractivity contribution in [2.45, 2.75) is 19.3 Å². The summed E-state index contributed by atoms with van der Waals surface area (Å²) in [5, 5.41) is 0. The second-order valence-electron chi connectivity index (χ2n) is 5.27. The predicted octanol–water partition coefficient (Wildman–Crippen LogP) is 4.21. The van der Waals surface area contributed by atoms with Crippen LogP contribution in [0.15, 0.2) is 72.8 Å². The van der Waals surface area contributed by atoms with Gasteiger partial charge >= 0.3 is 5.97 Å². The molecule has 0 aliphatic carbocycles. The van der Waals surface area contributed by atoms with Crippen molar-refractivity contribution in [3.8, 4) is 0 Å². The molecule has 0 N–H and O–H groups in total. The lowest BCUT2D eigenvalue weighted by atomic mass is 9.98. The highest BCUT2D eigenvalue weighted by molar-refractivity contribution is 5.74. The van der Waals surface area contributed by atoms with Gasteiger partial charge in [0.05, 0.1) is 13.0 Å². The van der Waals surface area contributed by atoms with Crippen LogP contribution in [-0.2, 0) is 22.4 Å². The highest BCUT2D eigenvalue weighted by atomic mass is 16.5. The van der Waals surface area contributed by atoms with E-state index in [1.54, 1.807) is 0 Å². The molecule has 0 radical (unpaired) electrons. The molecule has 2 nitrogen and oxygen atoms in total. The Hall–Kier alpha value is -2.35. The van der Waals surface area contributed by atoms with E-state index in [0.29, 0.717) is 6.42 Å². The van der Waals surface area contributed by atoms with Gasteiger partial charge in [-0.25, -0.2) is 0 Å². The molecule has 0 spiro atoms. The van der Waals surface area contributed by atoms with Gasteiger partial charge in [-0.1, -0.05) is 72.8 Å². The van der Waals surface area contributed by atoms with Crippen molar-refractivity contribution in [2.24, 2.45) is 5.92 Å². The average molecular weight is 294 g/mol. The van der Waals surface area contributed by atoms with Gasteiger partial charge in [-0.15, -0.1) is 0 Å². The van der Waals surface area contributed by atoms with Gasteiger partial charge in [0.2, 0.25) is 0 Å². The maximum absolute atomic E-state index is 11.9. The van der Waals surface area contributed by atoms with E-state index in [0.717, 1.165) is 18.4 Å². The maximum atomic E-state index is 11.9. The minimum absolute atomic E-state index is 0.181. The van der Waals surface area contributed by atoms with Crippen molar-refractivity contribution < 1.29 is 9.53 Å². The zero-order valence-corrected chi connectivity index (χ0v) is 12.9. The number of ether oxygens (including phenoxy) is 1. The Kier molecular flexibility index (Phi) is 6.43. The molecule has 22 heavy (non-hydrogen) atoms. The van der Waals surface area contributed by atoms with Crippen molar-refractivity contribution in [1.29, 1.82) is 0 Å². The third-order valence-corrected chi connectivity index (χ3v) is 3.61. The van der Waals surface area contributed by atoms with Gasteiger partial charge in [0.25, 0.3) is 0 Å². The van der Waals surface area contributed by atoms with E-state index in [4.69, 9.17) is 4.74 Å². The molecule has 0 aliphatic rings. The predicted molar refractivity (Wildman–Crippen MR) is 89.6 cm³/mol. The Morgan fingerprint density at radius 1 is 1.00 bits per heavy atom. The van der Waals surface area contributed by atoms with Crippen LogP contribution in [0.4, 0.5) is 0 Å². The molecule has 114 valence electrons. The van der Waals surface area contributed by atoms with Gasteiger partial charge in [-0.3, -0.25) is 4.79 Å². The van der Waals surface area contributed by atoms with Gasteiger partial charge in [-0.2, -0.15) is 0 Å². The fourth-order valence-corrected chi connectivity index (χ4v) is 2.40. The summed E-state index contributed by atoms with van der Waals surface area (Å²) in [5.41, 5.74) is 2.45. The smallest absolute Gasteiger partial charge is 0.312 e. The number of benzene rings is 2.